The molecule has 0 saturated heterocycles. The van der Waals surface area contributed by atoms with Gasteiger partial charge in [-0.1, -0.05) is 17.7 Å². The summed E-state index contributed by atoms with van der Waals surface area (Å²) < 4.78 is 67.3. The average molecular weight is 373 g/mol. The maximum Gasteiger partial charge on any atom is 0.240 e. The van der Waals surface area contributed by atoms with Gasteiger partial charge in [0.25, 0.3) is 0 Å². The third kappa shape index (κ3) is 5.04. The van der Waals surface area contributed by atoms with E-state index >= 15 is 0 Å². The zero-order valence-corrected chi connectivity index (χ0v) is 14.3. The van der Waals surface area contributed by atoms with Crippen LogP contribution in [-0.4, -0.2) is 26.2 Å². The summed E-state index contributed by atoms with van der Waals surface area (Å²) in [6, 6.07) is 6.33. The van der Waals surface area contributed by atoms with Gasteiger partial charge in [-0.25, -0.2) is 26.3 Å². The highest BCUT2D eigenvalue weighted by Gasteiger charge is 2.22. The Morgan fingerprint density at radius 3 is 2.24 bits per heavy atom. The lowest BCUT2D eigenvalue weighted by Gasteiger charge is -2.18. The molecule has 0 fully saturated rings. The first-order chi connectivity index (χ1) is 11.7. The predicted molar refractivity (Wildman–Crippen MR) is 87.0 cm³/mol. The van der Waals surface area contributed by atoms with Gasteiger partial charge in [0.15, 0.2) is 11.6 Å². The van der Waals surface area contributed by atoms with Crippen LogP contribution < -0.4 is 4.72 Å². The molecular weight excluding hydrogens is 355 g/mol. The molecule has 2 N–H and O–H groups in total. The van der Waals surface area contributed by atoms with Crippen LogP contribution in [-0.2, 0) is 16.4 Å². The number of benzene rings is 2. The van der Waals surface area contributed by atoms with Crippen LogP contribution in [0.25, 0.3) is 0 Å². The minimum absolute atomic E-state index is 0.0104. The van der Waals surface area contributed by atoms with E-state index in [1.807, 2.05) is 6.92 Å². The van der Waals surface area contributed by atoms with Crippen molar-refractivity contribution in [2.45, 2.75) is 30.7 Å². The third-order valence-electron chi connectivity index (χ3n) is 3.69. The first-order valence-corrected chi connectivity index (χ1v) is 9.04. The molecule has 136 valence electrons. The second-order valence-corrected chi connectivity index (χ2v) is 7.42. The maximum absolute atomic E-state index is 13.8. The van der Waals surface area contributed by atoms with E-state index in [0.29, 0.717) is 12.1 Å². The van der Waals surface area contributed by atoms with Gasteiger partial charge in [0.2, 0.25) is 10.0 Å². The molecule has 0 aromatic heterocycles. The van der Waals surface area contributed by atoms with Gasteiger partial charge in [0.05, 0.1) is 4.90 Å². The molecule has 25 heavy (non-hydrogen) atoms. The summed E-state index contributed by atoms with van der Waals surface area (Å²) in [4.78, 5) is 0.0202. The largest absolute Gasteiger partial charge is 0.396 e. The van der Waals surface area contributed by atoms with Crippen molar-refractivity contribution in [2.24, 2.45) is 0 Å². The van der Waals surface area contributed by atoms with E-state index in [4.69, 9.17) is 5.11 Å². The summed E-state index contributed by atoms with van der Waals surface area (Å²) in [5, 5.41) is 9.12. The van der Waals surface area contributed by atoms with E-state index in [0.717, 1.165) is 5.56 Å². The van der Waals surface area contributed by atoms with Gasteiger partial charge >= 0.3 is 0 Å². The lowest BCUT2D eigenvalue weighted by molar-refractivity contribution is 0.271. The molecule has 4 nitrogen and oxygen atoms in total. The van der Waals surface area contributed by atoms with Gasteiger partial charge in [-0.05, 0) is 43.5 Å². The predicted octanol–water partition coefficient (Wildman–Crippen LogP) is 2.68. The molecule has 1 atom stereocenters. The van der Waals surface area contributed by atoms with E-state index in [1.54, 1.807) is 12.1 Å². The summed E-state index contributed by atoms with van der Waals surface area (Å²) in [6.07, 6.45) is -0.238. The molecule has 0 amide bonds. The smallest absolute Gasteiger partial charge is 0.240 e. The number of sulfonamides is 1. The summed E-state index contributed by atoms with van der Waals surface area (Å²) in [5.74, 6) is -3.52. The van der Waals surface area contributed by atoms with E-state index in [2.05, 4.69) is 4.72 Å². The Morgan fingerprint density at radius 2 is 1.64 bits per heavy atom. The fourth-order valence-electron chi connectivity index (χ4n) is 2.35. The number of nitrogens with one attached hydrogen (secondary N) is 1. The quantitative estimate of drug-likeness (QED) is 0.734. The fourth-order valence-corrected chi connectivity index (χ4v) is 3.62. The molecule has 0 radical (unpaired) electrons. The van der Waals surface area contributed by atoms with Crippen molar-refractivity contribution in [2.75, 3.05) is 6.61 Å². The van der Waals surface area contributed by atoms with Gasteiger partial charge in [-0.2, -0.15) is 0 Å². The van der Waals surface area contributed by atoms with Crippen LogP contribution in [0.1, 0.15) is 17.5 Å². The minimum atomic E-state index is -3.90. The Balaban J connectivity index is 2.23. The summed E-state index contributed by atoms with van der Waals surface area (Å²) in [7, 11) is -3.90. The molecule has 0 aliphatic rings. The highest BCUT2D eigenvalue weighted by molar-refractivity contribution is 7.89. The van der Waals surface area contributed by atoms with Crippen LogP contribution in [0.4, 0.5) is 13.2 Å². The van der Waals surface area contributed by atoms with Crippen molar-refractivity contribution >= 4 is 10.0 Å². The Bertz CT molecular complexity index is 839. The van der Waals surface area contributed by atoms with Crippen molar-refractivity contribution in [1.29, 1.82) is 0 Å². The van der Waals surface area contributed by atoms with E-state index in [9.17, 15) is 21.6 Å². The van der Waals surface area contributed by atoms with E-state index in [1.165, 1.54) is 12.1 Å². The first-order valence-electron chi connectivity index (χ1n) is 7.56. The second kappa shape index (κ2) is 7.99. The van der Waals surface area contributed by atoms with Gasteiger partial charge in [-0.3, -0.25) is 0 Å². The van der Waals surface area contributed by atoms with Gasteiger partial charge in [0.1, 0.15) is 5.82 Å². The zero-order valence-electron chi connectivity index (χ0n) is 13.5. The van der Waals surface area contributed by atoms with Crippen LogP contribution >= 0.6 is 0 Å². The van der Waals surface area contributed by atoms with Gasteiger partial charge in [0, 0.05) is 18.7 Å². The normalized spacial score (nSPS) is 13.0. The first kappa shape index (κ1) is 19.4. The molecule has 0 saturated carbocycles. The second-order valence-electron chi connectivity index (χ2n) is 5.71. The Kier molecular flexibility index (Phi) is 6.21. The topological polar surface area (TPSA) is 66.4 Å². The molecule has 8 heteroatoms. The third-order valence-corrected chi connectivity index (χ3v) is 5.22. The average Bonchev–Trinajstić information content (AvgIpc) is 2.53. The monoisotopic (exact) mass is 373 g/mol. The highest BCUT2D eigenvalue weighted by atomic mass is 32.2. The van der Waals surface area contributed by atoms with Crippen molar-refractivity contribution in [1.82, 2.24) is 4.72 Å². The lowest BCUT2D eigenvalue weighted by Crippen LogP contribution is -2.37. The minimum Gasteiger partial charge on any atom is -0.396 e. The van der Waals surface area contributed by atoms with Gasteiger partial charge in [-0.15, -0.1) is 0 Å². The molecule has 0 unspecified atom stereocenters. The Labute approximate surface area is 144 Å². The van der Waals surface area contributed by atoms with E-state index < -0.39 is 33.5 Å². The van der Waals surface area contributed by atoms with Gasteiger partial charge < -0.3 is 5.11 Å². The number of aryl methyl sites for hydroxylation is 1. The van der Waals surface area contributed by atoms with Crippen LogP contribution in [0, 0.1) is 24.4 Å². The number of aliphatic hydroxyl groups is 1. The molecule has 2 aromatic carbocycles. The van der Waals surface area contributed by atoms with Crippen LogP contribution in [0.2, 0.25) is 0 Å². The van der Waals surface area contributed by atoms with Crippen molar-refractivity contribution in [3.8, 4) is 0 Å². The molecule has 0 spiro atoms. The van der Waals surface area contributed by atoms with Crippen molar-refractivity contribution < 1.29 is 26.7 Å². The summed E-state index contributed by atoms with van der Waals surface area (Å²) >= 11 is 0. The molecule has 0 aliphatic heterocycles. The summed E-state index contributed by atoms with van der Waals surface area (Å²) in [5.41, 5.74) is 0.707. The molecule has 2 aromatic rings. The molecule has 2 rings (SSSR count). The Morgan fingerprint density at radius 1 is 1.04 bits per heavy atom. The standard InChI is InChI=1S/C17H18F3NO3S/c1-11-2-4-14(5-3-11)25(23,24)21-13(6-7-22)8-12-9-16(19)17(20)10-15(12)18/h2-5,9-10,13,21-22H,6-8H2,1H3/t13-/m0/s1. The SMILES string of the molecule is Cc1ccc(S(=O)(=O)N[C@@H](CCO)Cc2cc(F)c(F)cc2F)cc1. The maximum atomic E-state index is 13.8. The number of hydrogen-bond acceptors (Lipinski definition) is 3. The van der Waals surface area contributed by atoms with Crippen molar-refractivity contribution in [3.05, 3.63) is 65.0 Å². The lowest BCUT2D eigenvalue weighted by atomic mass is 10.0. The number of aliphatic hydroxyl groups excluding tert-OH is 1. The van der Waals surface area contributed by atoms with E-state index in [-0.39, 0.29) is 29.9 Å². The zero-order chi connectivity index (χ0) is 18.6. The molecular formula is C17H18F3NO3S. The van der Waals surface area contributed by atoms with Crippen molar-refractivity contribution in [3.63, 3.8) is 0 Å². The number of halogens is 3. The number of hydrogen-bond donors (Lipinski definition) is 2. The highest BCUT2D eigenvalue weighted by Crippen LogP contribution is 2.18. The number of rotatable bonds is 7. The van der Waals surface area contributed by atoms with Crippen LogP contribution in [0.5, 0.6) is 0 Å². The van der Waals surface area contributed by atoms with Crippen LogP contribution in [0.3, 0.4) is 0 Å². The fraction of sp³-hybridized carbons (Fsp3) is 0.294. The molecule has 0 aliphatic carbocycles. The summed E-state index contributed by atoms with van der Waals surface area (Å²) in [6.45, 7) is 1.45. The molecule has 0 heterocycles. The Hall–Kier alpha value is -1.90. The molecule has 0 bridgehead atoms. The van der Waals surface area contributed by atoms with Crippen LogP contribution in [0.15, 0.2) is 41.3 Å².